The van der Waals surface area contributed by atoms with Crippen LogP contribution in [0.5, 0.6) is 5.75 Å². The smallest absolute Gasteiger partial charge is 0.323 e. The minimum atomic E-state index is -0.394. The molecule has 0 atom stereocenters. The number of carbonyl (C=O) groups is 1. The van der Waals surface area contributed by atoms with Crippen LogP contribution >= 0.6 is 12.4 Å². The molecular weight excluding hydrogens is 431 g/mol. The van der Waals surface area contributed by atoms with Crippen molar-refractivity contribution in [2.45, 2.75) is 38.8 Å². The lowest BCUT2D eigenvalue weighted by Gasteiger charge is -2.32. The van der Waals surface area contributed by atoms with Gasteiger partial charge in [-0.15, -0.1) is 12.4 Å². The van der Waals surface area contributed by atoms with Gasteiger partial charge in [0, 0.05) is 18.2 Å². The Kier molecular flexibility index (Phi) is 6.37. The number of hydrogen-bond donors (Lipinski definition) is 1. The van der Waals surface area contributed by atoms with Crippen molar-refractivity contribution in [3.8, 4) is 28.4 Å². The van der Waals surface area contributed by atoms with Crippen molar-refractivity contribution in [3.63, 3.8) is 0 Å². The second kappa shape index (κ2) is 9.20. The van der Waals surface area contributed by atoms with E-state index in [1.807, 2.05) is 28.8 Å². The Morgan fingerprint density at radius 2 is 1.88 bits per heavy atom. The third-order valence-electron chi connectivity index (χ3n) is 6.05. The third kappa shape index (κ3) is 3.81. The van der Waals surface area contributed by atoms with E-state index < -0.39 is 5.82 Å². The molecule has 6 nitrogen and oxygen atoms in total. The Morgan fingerprint density at radius 1 is 1.06 bits per heavy atom. The summed E-state index contributed by atoms with van der Waals surface area (Å²) in [6, 6.07) is 12.5. The zero-order chi connectivity index (χ0) is 21.4. The fourth-order valence-corrected chi connectivity index (χ4v) is 4.49. The first-order chi connectivity index (χ1) is 15.2. The fraction of sp³-hybridized carbons (Fsp3) is 0.333. The van der Waals surface area contributed by atoms with Gasteiger partial charge < -0.3 is 14.6 Å². The number of carbonyl (C=O) groups excluding carboxylic acids is 1. The number of hydrogen-bond acceptors (Lipinski definition) is 3. The molecule has 0 spiro atoms. The number of urea groups is 1. The molecule has 2 aliphatic rings. The Hall–Kier alpha value is -3.06. The van der Waals surface area contributed by atoms with Gasteiger partial charge in [0.05, 0.1) is 29.7 Å². The maximum absolute atomic E-state index is 15.0. The van der Waals surface area contributed by atoms with E-state index in [0.29, 0.717) is 23.7 Å². The molecule has 0 fully saturated rings. The highest BCUT2D eigenvalue weighted by Crippen LogP contribution is 2.41. The van der Waals surface area contributed by atoms with E-state index in [0.717, 1.165) is 54.7 Å². The first-order valence-electron chi connectivity index (χ1n) is 10.8. The van der Waals surface area contributed by atoms with Crippen LogP contribution in [-0.2, 0) is 13.1 Å². The van der Waals surface area contributed by atoms with E-state index in [4.69, 9.17) is 9.72 Å². The number of methoxy groups -OCH3 is 1. The molecule has 3 heterocycles. The summed E-state index contributed by atoms with van der Waals surface area (Å²) in [5.41, 5.74) is 4.14. The highest BCUT2D eigenvalue weighted by molar-refractivity contribution is 5.98. The summed E-state index contributed by atoms with van der Waals surface area (Å²) in [4.78, 5) is 19.7. The molecule has 2 aromatic carbocycles. The molecule has 0 aliphatic carbocycles. The van der Waals surface area contributed by atoms with Crippen LogP contribution in [0.2, 0.25) is 0 Å². The van der Waals surface area contributed by atoms with E-state index in [2.05, 4.69) is 5.32 Å². The second-order valence-electron chi connectivity index (χ2n) is 7.99. The normalized spacial score (nSPS) is 15.6. The maximum atomic E-state index is 15.0. The van der Waals surface area contributed by atoms with Crippen LogP contribution in [-0.4, -0.2) is 29.2 Å². The summed E-state index contributed by atoms with van der Waals surface area (Å²) < 4.78 is 22.1. The van der Waals surface area contributed by atoms with Crippen LogP contribution < -0.4 is 15.0 Å². The molecule has 1 aromatic heterocycles. The number of amides is 2. The molecule has 0 radical (unpaired) electrons. The standard InChI is InChI=1S/C24H25FN4O2.ClH/c1-31-16-11-12-17(19(25)14-16)23-27-20-9-4-2-3-7-13-26-24(30)28-15-29(23)22(20)18-8-5-6-10-21(18)28;/h5-6,8,10-12,14H,2-4,7,9,13,15H2,1H3,(H,26,30);1H. The first kappa shape index (κ1) is 22.1. The van der Waals surface area contributed by atoms with Crippen molar-refractivity contribution in [1.29, 1.82) is 0 Å². The predicted octanol–water partition coefficient (Wildman–Crippen LogP) is 5.39. The quantitative estimate of drug-likeness (QED) is 0.562. The number of nitrogens with zero attached hydrogens (tertiary/aromatic N) is 3. The lowest BCUT2D eigenvalue weighted by atomic mass is 10.0. The minimum absolute atomic E-state index is 0. The van der Waals surface area contributed by atoms with Crippen LogP contribution in [0.1, 0.15) is 31.4 Å². The summed E-state index contributed by atoms with van der Waals surface area (Å²) >= 11 is 0. The largest absolute Gasteiger partial charge is 0.497 e. The number of para-hydroxylation sites is 1. The number of fused-ring (bicyclic) bond motifs is 3. The number of aryl methyl sites for hydroxylation is 1. The van der Waals surface area contributed by atoms with Gasteiger partial charge in [0.2, 0.25) is 0 Å². The van der Waals surface area contributed by atoms with Gasteiger partial charge in [-0.3, -0.25) is 4.90 Å². The number of benzene rings is 2. The monoisotopic (exact) mass is 456 g/mol. The zero-order valence-electron chi connectivity index (χ0n) is 17.9. The average Bonchev–Trinajstić information content (AvgIpc) is 3.16. The van der Waals surface area contributed by atoms with Crippen LogP contribution in [0.4, 0.5) is 14.9 Å². The molecule has 0 saturated carbocycles. The van der Waals surface area contributed by atoms with Gasteiger partial charge in [-0.1, -0.05) is 31.0 Å². The van der Waals surface area contributed by atoms with Gasteiger partial charge in [0.1, 0.15) is 24.1 Å². The molecular formula is C24H26ClFN4O2. The number of aromatic nitrogens is 2. The summed E-state index contributed by atoms with van der Waals surface area (Å²) in [6.45, 7) is 0.935. The van der Waals surface area contributed by atoms with Crippen molar-refractivity contribution < 1.29 is 13.9 Å². The molecule has 8 heteroatoms. The van der Waals surface area contributed by atoms with Crippen molar-refractivity contribution in [2.24, 2.45) is 0 Å². The lowest BCUT2D eigenvalue weighted by Crippen LogP contribution is -2.43. The summed E-state index contributed by atoms with van der Waals surface area (Å²) in [6.07, 6.45) is 4.92. The van der Waals surface area contributed by atoms with Crippen LogP contribution in [0.25, 0.3) is 22.6 Å². The Balaban J connectivity index is 0.00000245. The topological polar surface area (TPSA) is 59.4 Å². The van der Waals surface area contributed by atoms with Gasteiger partial charge in [0.25, 0.3) is 0 Å². The molecule has 2 aliphatic heterocycles. The fourth-order valence-electron chi connectivity index (χ4n) is 4.49. The van der Waals surface area contributed by atoms with E-state index in [9.17, 15) is 4.79 Å². The number of anilines is 1. The Labute approximate surface area is 192 Å². The highest BCUT2D eigenvalue weighted by Gasteiger charge is 2.32. The van der Waals surface area contributed by atoms with Crippen molar-refractivity contribution in [1.82, 2.24) is 14.9 Å². The van der Waals surface area contributed by atoms with Crippen LogP contribution in [0, 0.1) is 5.82 Å². The van der Waals surface area contributed by atoms with Gasteiger partial charge >= 0.3 is 6.03 Å². The first-order valence-corrected chi connectivity index (χ1v) is 10.8. The molecule has 0 unspecified atom stereocenters. The summed E-state index contributed by atoms with van der Waals surface area (Å²) in [5.74, 6) is 0.601. The maximum Gasteiger partial charge on any atom is 0.323 e. The van der Waals surface area contributed by atoms with E-state index in [-0.39, 0.29) is 25.1 Å². The van der Waals surface area contributed by atoms with E-state index in [1.165, 1.54) is 13.2 Å². The number of imidazole rings is 1. The van der Waals surface area contributed by atoms with Crippen molar-refractivity contribution >= 4 is 24.1 Å². The number of halogens is 2. The molecule has 0 saturated heterocycles. The lowest BCUT2D eigenvalue weighted by molar-refractivity contribution is 0.244. The molecule has 32 heavy (non-hydrogen) atoms. The third-order valence-corrected chi connectivity index (χ3v) is 6.05. The summed E-state index contributed by atoms with van der Waals surface area (Å²) in [7, 11) is 1.52. The van der Waals surface area contributed by atoms with Crippen LogP contribution in [0.15, 0.2) is 42.5 Å². The van der Waals surface area contributed by atoms with E-state index >= 15 is 4.39 Å². The van der Waals surface area contributed by atoms with Gasteiger partial charge in [-0.2, -0.15) is 0 Å². The van der Waals surface area contributed by atoms with Crippen molar-refractivity contribution in [3.05, 3.63) is 54.0 Å². The van der Waals surface area contributed by atoms with Crippen LogP contribution in [0.3, 0.4) is 0 Å². The molecule has 5 rings (SSSR count). The van der Waals surface area contributed by atoms with Gasteiger partial charge in [-0.25, -0.2) is 14.2 Å². The summed E-state index contributed by atoms with van der Waals surface area (Å²) in [5, 5.41) is 3.04. The second-order valence-corrected chi connectivity index (χ2v) is 7.99. The molecule has 1 N–H and O–H groups in total. The SMILES string of the molecule is COc1ccc(-c2nc3c4n2CN(C(=O)NCCCCCC3)c2ccccc2-4)c(F)c1.Cl. The minimum Gasteiger partial charge on any atom is -0.497 e. The molecule has 3 aromatic rings. The van der Waals surface area contributed by atoms with Gasteiger partial charge in [0.15, 0.2) is 0 Å². The number of ether oxygens (including phenoxy) is 1. The predicted molar refractivity (Wildman–Crippen MR) is 125 cm³/mol. The Morgan fingerprint density at radius 3 is 2.69 bits per heavy atom. The molecule has 2 amide bonds. The number of nitrogens with one attached hydrogen (secondary N) is 1. The zero-order valence-corrected chi connectivity index (χ0v) is 18.8. The number of rotatable bonds is 2. The van der Waals surface area contributed by atoms with Crippen molar-refractivity contribution in [2.75, 3.05) is 18.6 Å². The molecule has 4 bridgehead atoms. The van der Waals surface area contributed by atoms with E-state index in [1.54, 1.807) is 17.0 Å². The highest BCUT2D eigenvalue weighted by atomic mass is 35.5. The Bertz CT molecular complexity index is 1150. The average molecular weight is 457 g/mol. The van der Waals surface area contributed by atoms with Gasteiger partial charge in [-0.05, 0) is 37.5 Å². The molecule has 168 valence electrons.